The van der Waals surface area contributed by atoms with Gasteiger partial charge in [-0.25, -0.2) is 0 Å². The lowest BCUT2D eigenvalue weighted by atomic mass is 10.1. The van der Waals surface area contributed by atoms with Crippen molar-refractivity contribution in [2.24, 2.45) is 0 Å². The number of hydrogen-bond acceptors (Lipinski definition) is 6. The predicted octanol–water partition coefficient (Wildman–Crippen LogP) is 18.6. The van der Waals surface area contributed by atoms with E-state index >= 15 is 0 Å². The van der Waals surface area contributed by atoms with Crippen LogP contribution in [0.2, 0.25) is 0 Å². The van der Waals surface area contributed by atoms with Crippen LogP contribution in [0.1, 0.15) is 226 Å². The number of carbonyl (C=O) groups is 3. The molecule has 0 aromatic carbocycles. The van der Waals surface area contributed by atoms with Gasteiger partial charge >= 0.3 is 17.9 Å². The van der Waals surface area contributed by atoms with Crippen molar-refractivity contribution in [3.8, 4) is 0 Å². The Morgan fingerprint density at radius 1 is 0.304 bits per heavy atom. The van der Waals surface area contributed by atoms with Gasteiger partial charge in [0.25, 0.3) is 0 Å². The lowest BCUT2D eigenvalue weighted by Crippen LogP contribution is -2.30. The molecule has 0 saturated heterocycles. The number of esters is 3. The van der Waals surface area contributed by atoms with Crippen LogP contribution in [0.25, 0.3) is 0 Å². The van der Waals surface area contributed by atoms with Gasteiger partial charge in [-0.15, -0.1) is 0 Å². The van der Waals surface area contributed by atoms with Crippen molar-refractivity contribution in [1.29, 1.82) is 0 Å². The van der Waals surface area contributed by atoms with Gasteiger partial charge in [-0.2, -0.15) is 0 Å². The van der Waals surface area contributed by atoms with E-state index < -0.39 is 6.10 Å². The smallest absolute Gasteiger partial charge is 0.306 e. The first kappa shape index (κ1) is 64.5. The van der Waals surface area contributed by atoms with Gasteiger partial charge in [0.15, 0.2) is 6.10 Å². The zero-order chi connectivity index (χ0) is 50.0. The second-order valence-electron chi connectivity index (χ2n) is 17.7. The van der Waals surface area contributed by atoms with E-state index in [1.807, 2.05) is 0 Å². The molecular weight excluding hydrogens is 853 g/mol. The molecule has 0 heterocycles. The van der Waals surface area contributed by atoms with Crippen LogP contribution in [0.4, 0.5) is 0 Å². The second-order valence-corrected chi connectivity index (χ2v) is 17.7. The topological polar surface area (TPSA) is 78.9 Å². The summed E-state index contributed by atoms with van der Waals surface area (Å²) >= 11 is 0. The second kappa shape index (κ2) is 56.1. The van der Waals surface area contributed by atoms with E-state index in [2.05, 4.69) is 154 Å². The van der Waals surface area contributed by atoms with Crippen LogP contribution in [0.5, 0.6) is 0 Å². The van der Waals surface area contributed by atoms with Crippen molar-refractivity contribution in [2.75, 3.05) is 13.2 Å². The van der Waals surface area contributed by atoms with E-state index in [4.69, 9.17) is 14.2 Å². The number of hydrogen-bond donors (Lipinski definition) is 0. The molecule has 0 aliphatic heterocycles. The van der Waals surface area contributed by atoms with Gasteiger partial charge in [0.05, 0.1) is 0 Å². The van der Waals surface area contributed by atoms with Gasteiger partial charge < -0.3 is 14.2 Å². The standard InChI is InChI=1S/C63H100O6/c1-4-7-10-13-15-17-19-21-23-25-26-27-28-29-30-31-32-33-34-35-36-38-39-41-43-45-47-50-53-56-62(65)68-59-60(58-67-61(64)55-52-49-12-9-6-3)69-63(66)57-54-51-48-46-44-42-40-37-24-22-20-18-16-14-11-8-5-2/h7-8,10-11,15-18,21-24,26-27,29-30,32-33,40,42,46,48,60H,4-6,9,12-14,19-20,25,28,31,34-39,41,43-45,47,49-59H2,1-3H3/b10-7-,11-8-,17-15-,18-16-,23-21-,24-22-,27-26-,30-29-,33-32-,42-40-,48-46-. The minimum atomic E-state index is -0.809. The number of unbranched alkanes of at least 4 members (excludes halogenated alkanes) is 15. The van der Waals surface area contributed by atoms with Gasteiger partial charge in [-0.3, -0.25) is 14.4 Å². The van der Waals surface area contributed by atoms with Crippen LogP contribution < -0.4 is 0 Å². The first-order valence-corrected chi connectivity index (χ1v) is 27.7. The molecule has 0 bridgehead atoms. The normalized spacial score (nSPS) is 13.1. The summed E-state index contributed by atoms with van der Waals surface area (Å²) in [6, 6.07) is 0. The highest BCUT2D eigenvalue weighted by Gasteiger charge is 2.19. The van der Waals surface area contributed by atoms with Gasteiger partial charge in [0.1, 0.15) is 13.2 Å². The Hall–Kier alpha value is -4.45. The number of carbonyl (C=O) groups excluding carboxylic acids is 3. The zero-order valence-electron chi connectivity index (χ0n) is 44.3. The highest BCUT2D eigenvalue weighted by Crippen LogP contribution is 2.14. The van der Waals surface area contributed by atoms with Crippen LogP contribution in [-0.4, -0.2) is 37.2 Å². The molecule has 0 N–H and O–H groups in total. The van der Waals surface area contributed by atoms with Gasteiger partial charge in [0, 0.05) is 19.3 Å². The molecule has 0 spiro atoms. The van der Waals surface area contributed by atoms with Crippen molar-refractivity contribution in [1.82, 2.24) is 0 Å². The zero-order valence-corrected chi connectivity index (χ0v) is 44.3. The Balaban J connectivity index is 4.17. The molecule has 0 saturated carbocycles. The maximum atomic E-state index is 12.7. The van der Waals surface area contributed by atoms with Crippen LogP contribution in [-0.2, 0) is 28.6 Å². The fraction of sp³-hybridized carbons (Fsp3) is 0.603. The SMILES string of the molecule is CC/C=C\C/C=C\C/C=C\C/C=C\C/C=C\C/C=C\CCCCCCCCCCCCC(=O)OCC(COC(=O)CCCCCCC)OC(=O)CCC/C=C\C/C=C\C/C=C\C/C=C\C/C=C\CC. The summed E-state index contributed by atoms with van der Waals surface area (Å²) in [5, 5.41) is 0. The van der Waals surface area contributed by atoms with Crippen molar-refractivity contribution in [2.45, 2.75) is 232 Å². The minimum Gasteiger partial charge on any atom is -0.462 e. The van der Waals surface area contributed by atoms with Gasteiger partial charge in [-0.1, -0.05) is 231 Å². The molecule has 0 rings (SSSR count). The number of allylic oxidation sites excluding steroid dienone is 22. The van der Waals surface area contributed by atoms with Crippen molar-refractivity contribution in [3.63, 3.8) is 0 Å². The van der Waals surface area contributed by atoms with Gasteiger partial charge in [-0.05, 0) is 109 Å². The van der Waals surface area contributed by atoms with Crippen molar-refractivity contribution >= 4 is 17.9 Å². The number of ether oxygens (including phenoxy) is 3. The van der Waals surface area contributed by atoms with E-state index in [1.165, 1.54) is 51.4 Å². The first-order chi connectivity index (χ1) is 34.0. The molecule has 6 nitrogen and oxygen atoms in total. The van der Waals surface area contributed by atoms with Crippen molar-refractivity contribution < 1.29 is 28.6 Å². The molecule has 0 aromatic heterocycles. The molecule has 1 unspecified atom stereocenters. The summed E-state index contributed by atoms with van der Waals surface area (Å²) in [5.74, 6) is -0.991. The molecular formula is C63H100O6. The van der Waals surface area contributed by atoms with Crippen LogP contribution in [0.3, 0.4) is 0 Å². The Bertz CT molecular complexity index is 1510. The summed E-state index contributed by atoms with van der Waals surface area (Å²) in [6.45, 7) is 6.26. The molecule has 0 fully saturated rings. The minimum absolute atomic E-state index is 0.106. The molecule has 0 aliphatic rings. The first-order valence-electron chi connectivity index (χ1n) is 27.7. The third-order valence-corrected chi connectivity index (χ3v) is 11.2. The lowest BCUT2D eigenvalue weighted by Gasteiger charge is -2.18. The molecule has 0 amide bonds. The third kappa shape index (κ3) is 54.4. The Morgan fingerprint density at radius 2 is 0.580 bits per heavy atom. The average molecular weight is 953 g/mol. The van der Waals surface area contributed by atoms with E-state index in [0.717, 1.165) is 128 Å². The Kier molecular flexibility index (Phi) is 52.5. The summed E-state index contributed by atoms with van der Waals surface area (Å²) in [7, 11) is 0. The summed E-state index contributed by atoms with van der Waals surface area (Å²) in [4.78, 5) is 37.7. The van der Waals surface area contributed by atoms with Crippen LogP contribution in [0.15, 0.2) is 134 Å². The fourth-order valence-electron chi connectivity index (χ4n) is 7.07. The highest BCUT2D eigenvalue weighted by atomic mass is 16.6. The number of rotatable bonds is 48. The quantitative estimate of drug-likeness (QED) is 0.0262. The van der Waals surface area contributed by atoms with Gasteiger partial charge in [0.2, 0.25) is 0 Å². The Morgan fingerprint density at radius 3 is 0.928 bits per heavy atom. The Labute approximate surface area is 424 Å². The predicted molar refractivity (Wildman–Crippen MR) is 297 cm³/mol. The molecule has 1 atom stereocenters. The van der Waals surface area contributed by atoms with E-state index in [-0.39, 0.29) is 37.5 Å². The largest absolute Gasteiger partial charge is 0.462 e. The maximum Gasteiger partial charge on any atom is 0.306 e. The van der Waals surface area contributed by atoms with Crippen LogP contribution >= 0.6 is 0 Å². The summed E-state index contributed by atoms with van der Waals surface area (Å²) in [5.41, 5.74) is 0. The lowest BCUT2D eigenvalue weighted by molar-refractivity contribution is -0.167. The summed E-state index contributed by atoms with van der Waals surface area (Å²) < 4.78 is 16.6. The van der Waals surface area contributed by atoms with E-state index in [1.54, 1.807) is 0 Å². The van der Waals surface area contributed by atoms with Crippen LogP contribution in [0, 0.1) is 0 Å². The molecule has 6 heteroatoms. The van der Waals surface area contributed by atoms with E-state index in [9.17, 15) is 14.4 Å². The molecule has 0 aromatic rings. The average Bonchev–Trinajstić information content (AvgIpc) is 3.35. The molecule has 388 valence electrons. The molecule has 0 aliphatic carbocycles. The highest BCUT2D eigenvalue weighted by molar-refractivity contribution is 5.71. The molecule has 69 heavy (non-hydrogen) atoms. The van der Waals surface area contributed by atoms with E-state index in [0.29, 0.717) is 19.3 Å². The molecule has 0 radical (unpaired) electrons. The third-order valence-electron chi connectivity index (χ3n) is 11.2. The fourth-order valence-corrected chi connectivity index (χ4v) is 7.07. The monoisotopic (exact) mass is 953 g/mol. The van der Waals surface area contributed by atoms with Crippen molar-refractivity contribution in [3.05, 3.63) is 134 Å². The summed E-state index contributed by atoms with van der Waals surface area (Å²) in [6.07, 6.45) is 79.2. The maximum absolute atomic E-state index is 12.7.